The third-order valence-electron chi connectivity index (χ3n) is 15.5. The molecule has 0 aliphatic carbocycles. The number of rotatable bonds is 2. The van der Waals surface area contributed by atoms with E-state index in [1.165, 1.54) is 36.5 Å². The summed E-state index contributed by atoms with van der Waals surface area (Å²) >= 11 is 9.89. The van der Waals surface area contributed by atoms with Gasteiger partial charge in [-0.05, 0) is 124 Å². The molecule has 19 rings (SSSR count). The van der Waals surface area contributed by atoms with E-state index in [2.05, 4.69) is 44.9 Å². The van der Waals surface area contributed by atoms with Crippen molar-refractivity contribution in [2.24, 2.45) is 0 Å². The topological polar surface area (TPSA) is 291 Å². The van der Waals surface area contributed by atoms with E-state index in [4.69, 9.17) is 29.7 Å². The lowest BCUT2D eigenvalue weighted by atomic mass is 10.0. The summed E-state index contributed by atoms with van der Waals surface area (Å²) < 4.78 is 17.7. The first kappa shape index (κ1) is 73.9. The van der Waals surface area contributed by atoms with Crippen LogP contribution in [0.25, 0.3) is 110 Å². The largest absolute Gasteiger partial charge is 0.872 e. The Labute approximate surface area is 623 Å². The van der Waals surface area contributed by atoms with Crippen molar-refractivity contribution in [3.05, 3.63) is 353 Å². The van der Waals surface area contributed by atoms with Gasteiger partial charge >= 0.3 is 0 Å². The summed E-state index contributed by atoms with van der Waals surface area (Å²) in [7, 11) is 0. The van der Waals surface area contributed by atoms with Crippen LogP contribution in [0.3, 0.4) is 0 Å². The fourth-order valence-electron chi connectivity index (χ4n) is 10.5. The first-order chi connectivity index (χ1) is 52.2. The van der Waals surface area contributed by atoms with E-state index in [-0.39, 0.29) is 46.0 Å². The summed E-state index contributed by atoms with van der Waals surface area (Å²) in [6, 6.07) is 91.9. The lowest BCUT2D eigenvalue weighted by molar-refractivity contribution is -0.275. The molecule has 10 aromatic heterocycles. The second kappa shape index (κ2) is 37.0. The number of halogens is 1. The Morgan fingerprint density at radius 3 is 1.38 bits per heavy atom. The summed E-state index contributed by atoms with van der Waals surface area (Å²) in [5, 5.41) is 87.2. The highest BCUT2D eigenvalue weighted by Crippen LogP contribution is 2.31. The Balaban J connectivity index is 0.000000121. The molecule has 19 aromatic rings. The molecule has 0 aliphatic rings. The maximum atomic E-state index is 12.6. The molecule has 526 valence electrons. The molecule has 0 saturated carbocycles. The number of pyridine rings is 9. The van der Waals surface area contributed by atoms with Crippen molar-refractivity contribution in [1.29, 1.82) is 0 Å². The second-order valence-electron chi connectivity index (χ2n) is 22.7. The molecule has 0 saturated heterocycles. The normalized spacial score (nSPS) is 10.3. The molecule has 107 heavy (non-hydrogen) atoms. The maximum absolute atomic E-state index is 12.6. The number of fused-ring (bicyclic) bond motifs is 9. The van der Waals surface area contributed by atoms with Crippen LogP contribution in [0.4, 0.5) is 4.39 Å². The summed E-state index contributed by atoms with van der Waals surface area (Å²) in [5.74, 6) is -1.30. The molecule has 0 atom stereocenters. The predicted octanol–water partition coefficient (Wildman–Crippen LogP) is 15.4. The maximum Gasteiger partial charge on any atom is 0.226 e. The Morgan fingerprint density at radius 2 is 0.776 bits per heavy atom. The fraction of sp³-hybridized carbons (Fsp3) is 0. The van der Waals surface area contributed by atoms with Gasteiger partial charge in [-0.2, -0.15) is 9.29 Å². The number of hydrogen-bond acceptors (Lipinski definition) is 19. The summed E-state index contributed by atoms with van der Waals surface area (Å²) in [4.78, 5) is 36.4. The number of hydrogen-bond donors (Lipinski definition) is 0. The first-order valence-electron chi connectivity index (χ1n) is 32.8. The van der Waals surface area contributed by atoms with Crippen molar-refractivity contribution in [3.8, 4) is 63.0 Å². The molecular weight excluding hydrogens is 1380 g/mol. The lowest BCUT2D eigenvalue weighted by Crippen LogP contribution is -1.93. The quantitative estimate of drug-likeness (QED) is 0.0672. The third kappa shape index (κ3) is 20.5. The van der Waals surface area contributed by atoms with Crippen molar-refractivity contribution in [1.82, 2.24) is 44.9 Å². The highest BCUT2D eigenvalue weighted by molar-refractivity contribution is 7.59. The van der Waals surface area contributed by atoms with Crippen LogP contribution in [0.2, 0.25) is 0 Å². The molecule has 0 fully saturated rings. The molecule has 0 N–H and O–H groups in total. The van der Waals surface area contributed by atoms with Crippen LogP contribution < -0.4 is 35.7 Å². The van der Waals surface area contributed by atoms with Crippen molar-refractivity contribution in [2.45, 2.75) is 9.92 Å². The van der Waals surface area contributed by atoms with Crippen molar-refractivity contribution in [2.75, 3.05) is 0 Å². The molecule has 9 aromatic carbocycles. The second-order valence-corrected chi connectivity index (χ2v) is 23.6. The molecule has 0 amide bonds. The molecule has 0 spiro atoms. The van der Waals surface area contributed by atoms with E-state index in [1.54, 1.807) is 116 Å². The van der Waals surface area contributed by atoms with E-state index in [0.29, 0.717) is 38.2 Å². The first-order valence-corrected chi connectivity index (χ1v) is 33.6. The highest BCUT2D eigenvalue weighted by Gasteiger charge is 2.05. The summed E-state index contributed by atoms with van der Waals surface area (Å²) in [6.45, 7) is 0. The molecule has 10 heterocycles. The Bertz CT molecular complexity index is 5970. The summed E-state index contributed by atoms with van der Waals surface area (Å²) in [6.07, 6.45) is 9.84. The highest BCUT2D eigenvalue weighted by atomic mass is 32.1. The zero-order valence-corrected chi connectivity index (χ0v) is 58.0. The smallest absolute Gasteiger partial charge is 0.226 e. The van der Waals surface area contributed by atoms with E-state index in [0.717, 1.165) is 76.0 Å². The Kier molecular flexibility index (Phi) is 25.6. The van der Waals surface area contributed by atoms with Crippen LogP contribution in [-0.4, -0.2) is 44.9 Å². The number of furan rings is 1. The van der Waals surface area contributed by atoms with Gasteiger partial charge in [0.15, 0.2) is 0 Å². The number of para-hydroxylation sites is 6. The van der Waals surface area contributed by atoms with Gasteiger partial charge in [-0.25, -0.2) is 15.0 Å². The van der Waals surface area contributed by atoms with Gasteiger partial charge in [0.1, 0.15) is 0 Å². The molecular formula is C87H57FN9O8S2-9. The van der Waals surface area contributed by atoms with Crippen molar-refractivity contribution in [3.63, 3.8) is 0 Å². The fourth-order valence-corrected chi connectivity index (χ4v) is 10.9. The van der Waals surface area contributed by atoms with Crippen LogP contribution in [0.15, 0.2) is 361 Å². The van der Waals surface area contributed by atoms with Crippen LogP contribution in [0.5, 0.6) is 40.5 Å². The Hall–Kier alpha value is -14.3. The predicted molar refractivity (Wildman–Crippen MR) is 409 cm³/mol. The average molecular weight is 1440 g/mol. The van der Waals surface area contributed by atoms with E-state index >= 15 is 0 Å². The minimum Gasteiger partial charge on any atom is -0.872 e. The van der Waals surface area contributed by atoms with Crippen LogP contribution in [0.1, 0.15) is 0 Å². The van der Waals surface area contributed by atoms with Gasteiger partial charge in [0.2, 0.25) is 11.7 Å². The minimum absolute atomic E-state index is 0.00991. The van der Waals surface area contributed by atoms with E-state index < -0.39 is 5.95 Å². The standard InChI is InChI=1S/2C13H9NO.C11H7NO2.C11H9NO.C11H9NS.C9H6FNO.C9H7NO.C5H5NO.C5H5NS/c15-12-7-3-5-10-8-9-4-1-2-6-11(9)14-13(10)12;15-12-8-9-4-1-2-5-10(9)11-6-3-7-14-13(11)12;13-9-3-1-2-7-6-8-4-5-14-11(8)12-10(7)9;2*13-11-7-2-1-5-9(11)10-6-3-4-8-12-10;10-8-5-4-6-2-1-3-7(12)9(6)11-8;11-9-6-5-7-3-1-2-4-8(7)10-9;2*7-5-3-1-2-4-6-5/h2*1-8,15H;1-6,13H;2*1-8,13H;1-5,12H;1-6H,(H,10,11);2*1-4H,(H,6,7)/p-9. The molecule has 0 bridgehead atoms. The third-order valence-corrected chi connectivity index (χ3v) is 16.1. The Morgan fingerprint density at radius 1 is 0.280 bits per heavy atom. The van der Waals surface area contributed by atoms with Gasteiger partial charge in [0.05, 0.1) is 50.8 Å². The number of benzene rings is 9. The average Bonchev–Trinajstić information content (AvgIpc) is 1.53. The zero-order chi connectivity index (χ0) is 74.7. The van der Waals surface area contributed by atoms with Gasteiger partial charge in [-0.15, -0.1) is 0 Å². The van der Waals surface area contributed by atoms with Crippen molar-refractivity contribution < 1.29 is 44.6 Å². The molecule has 0 unspecified atom stereocenters. The van der Waals surface area contributed by atoms with Crippen LogP contribution in [0, 0.1) is 5.95 Å². The number of nitrogens with zero attached hydrogens (tertiary/aromatic N) is 9. The lowest BCUT2D eigenvalue weighted by Gasteiger charge is -2.11. The number of aromatic nitrogens is 9. The van der Waals surface area contributed by atoms with E-state index in [9.17, 15) is 40.1 Å². The molecule has 20 heteroatoms. The van der Waals surface area contributed by atoms with Gasteiger partial charge in [0, 0.05) is 63.3 Å². The molecule has 0 aliphatic heterocycles. The van der Waals surface area contributed by atoms with Crippen molar-refractivity contribution >= 4 is 113 Å². The van der Waals surface area contributed by atoms with Gasteiger partial charge < -0.3 is 65.4 Å². The monoisotopic (exact) mass is 1440 g/mol. The van der Waals surface area contributed by atoms with Crippen LogP contribution >= 0.6 is 0 Å². The zero-order valence-electron chi connectivity index (χ0n) is 56.4. The van der Waals surface area contributed by atoms with Gasteiger partial charge in [-0.1, -0.05) is 258 Å². The molecule has 0 radical (unpaired) electrons. The SMILES string of the molecule is [O-]c1cc2ccccc2c2cccnc12.[O-]c1ccc2ccccc2n1.[O-]c1cccc2cc3ccccc3nc12.[O-]c1cccc2cc3ccoc3nc12.[O-]c1cccc2ccc(F)nc12.[O-]c1ccccc1-c1ccccn1.[O-]c1ccccn1.[S-]c1ccccc1-c1ccccn1.[S-]c1ccccn1. The van der Waals surface area contributed by atoms with Gasteiger partial charge in [-0.3, -0.25) is 29.9 Å². The summed E-state index contributed by atoms with van der Waals surface area (Å²) in [5.41, 5.74) is 7.26. The van der Waals surface area contributed by atoms with Gasteiger partial charge in [0.25, 0.3) is 0 Å². The van der Waals surface area contributed by atoms with Crippen LogP contribution in [-0.2, 0) is 25.3 Å². The molecule has 17 nitrogen and oxygen atoms in total. The van der Waals surface area contributed by atoms with E-state index in [1.807, 2.05) is 194 Å². The minimum atomic E-state index is -0.620.